The summed E-state index contributed by atoms with van der Waals surface area (Å²) in [4.78, 5) is 42.1. The lowest BCUT2D eigenvalue weighted by molar-refractivity contribution is -0.121. The number of urea groups is 1. The lowest BCUT2D eigenvalue weighted by atomic mass is 10.0. The van der Waals surface area contributed by atoms with E-state index in [4.69, 9.17) is 0 Å². The highest BCUT2D eigenvalue weighted by molar-refractivity contribution is 7.11. The molecule has 0 aromatic carbocycles. The first-order valence-corrected chi connectivity index (χ1v) is 8.99. The molecule has 136 valence electrons. The highest BCUT2D eigenvalue weighted by Gasteiger charge is 2.23. The molecule has 0 saturated carbocycles. The molecule has 9 heteroatoms. The number of nitrogens with zero attached hydrogens (tertiary/aromatic N) is 2. The number of aromatic nitrogens is 1. The fraction of sp³-hybridized carbons (Fsp3) is 0.500. The Labute approximate surface area is 150 Å². The zero-order chi connectivity index (χ0) is 18.2. The molecule has 25 heavy (non-hydrogen) atoms. The summed E-state index contributed by atoms with van der Waals surface area (Å²) in [5.41, 5.74) is 2.41. The topological polar surface area (TPSA) is 103 Å². The zero-order valence-electron chi connectivity index (χ0n) is 14.2. The highest BCUT2D eigenvalue weighted by Crippen LogP contribution is 2.15. The fourth-order valence-electron chi connectivity index (χ4n) is 2.58. The Morgan fingerprint density at radius 2 is 2.12 bits per heavy atom. The molecule has 0 radical (unpaired) electrons. The van der Waals surface area contributed by atoms with Crippen LogP contribution in [0.25, 0.3) is 0 Å². The minimum Gasteiger partial charge on any atom is -0.348 e. The number of carbonyl (C=O) groups is 3. The van der Waals surface area contributed by atoms with Crippen LogP contribution in [0.2, 0.25) is 0 Å². The SMILES string of the molecule is C=CCNC(=O)NC(=O)CN1CCC(NC(=O)c2scnc2C)CC1. The van der Waals surface area contributed by atoms with Gasteiger partial charge in [-0.3, -0.25) is 19.8 Å². The maximum absolute atomic E-state index is 12.2. The molecule has 8 nitrogen and oxygen atoms in total. The molecule has 0 aliphatic carbocycles. The summed E-state index contributed by atoms with van der Waals surface area (Å²) in [6.07, 6.45) is 3.07. The first-order valence-electron chi connectivity index (χ1n) is 8.11. The van der Waals surface area contributed by atoms with E-state index in [2.05, 4.69) is 27.5 Å². The number of rotatable bonds is 6. The molecule has 1 aliphatic rings. The van der Waals surface area contributed by atoms with Crippen molar-refractivity contribution in [1.29, 1.82) is 0 Å². The number of nitrogens with one attached hydrogen (secondary N) is 3. The smallest absolute Gasteiger partial charge is 0.321 e. The van der Waals surface area contributed by atoms with Gasteiger partial charge in [-0.1, -0.05) is 6.08 Å². The second-order valence-corrected chi connectivity index (χ2v) is 6.69. The van der Waals surface area contributed by atoms with Gasteiger partial charge >= 0.3 is 6.03 Å². The third-order valence-corrected chi connectivity index (χ3v) is 4.83. The van der Waals surface area contributed by atoms with Crippen molar-refractivity contribution >= 4 is 29.2 Å². The first-order chi connectivity index (χ1) is 12.0. The molecular formula is C16H23N5O3S. The van der Waals surface area contributed by atoms with Crippen molar-refractivity contribution in [3.8, 4) is 0 Å². The van der Waals surface area contributed by atoms with E-state index in [0.717, 1.165) is 18.5 Å². The van der Waals surface area contributed by atoms with E-state index in [0.29, 0.717) is 24.5 Å². The van der Waals surface area contributed by atoms with E-state index >= 15 is 0 Å². The molecule has 4 amide bonds. The van der Waals surface area contributed by atoms with Crippen molar-refractivity contribution < 1.29 is 14.4 Å². The van der Waals surface area contributed by atoms with Crippen LogP contribution in [0.1, 0.15) is 28.2 Å². The monoisotopic (exact) mass is 365 g/mol. The van der Waals surface area contributed by atoms with Crippen molar-refractivity contribution in [1.82, 2.24) is 25.8 Å². The third-order valence-electron chi connectivity index (χ3n) is 3.90. The molecule has 3 N–H and O–H groups in total. The second-order valence-electron chi connectivity index (χ2n) is 5.84. The van der Waals surface area contributed by atoms with Crippen LogP contribution in [0, 0.1) is 6.92 Å². The number of piperidine rings is 1. The number of imide groups is 1. The van der Waals surface area contributed by atoms with E-state index in [-0.39, 0.29) is 24.4 Å². The summed E-state index contributed by atoms with van der Waals surface area (Å²) >= 11 is 1.34. The molecule has 0 spiro atoms. The fourth-order valence-corrected chi connectivity index (χ4v) is 3.29. The Balaban J connectivity index is 1.70. The highest BCUT2D eigenvalue weighted by atomic mass is 32.1. The molecule has 2 rings (SSSR count). The molecule has 1 aromatic rings. The number of amides is 4. The van der Waals surface area contributed by atoms with Gasteiger partial charge in [-0.15, -0.1) is 17.9 Å². The molecule has 1 fully saturated rings. The van der Waals surface area contributed by atoms with Gasteiger partial charge in [-0.25, -0.2) is 9.78 Å². The lowest BCUT2D eigenvalue weighted by Crippen LogP contribution is -2.49. The third kappa shape index (κ3) is 5.95. The predicted octanol–water partition coefficient (Wildman–Crippen LogP) is 0.658. The number of thiazole rings is 1. The van der Waals surface area contributed by atoms with Crippen molar-refractivity contribution in [2.24, 2.45) is 0 Å². The lowest BCUT2D eigenvalue weighted by Gasteiger charge is -2.31. The van der Waals surface area contributed by atoms with Gasteiger partial charge in [0.1, 0.15) is 4.88 Å². The Morgan fingerprint density at radius 1 is 1.40 bits per heavy atom. The molecule has 2 heterocycles. The van der Waals surface area contributed by atoms with Crippen molar-refractivity contribution in [2.45, 2.75) is 25.8 Å². The van der Waals surface area contributed by atoms with E-state index < -0.39 is 6.03 Å². The molecule has 0 atom stereocenters. The van der Waals surface area contributed by atoms with Gasteiger partial charge in [-0.2, -0.15) is 0 Å². The quantitative estimate of drug-likeness (QED) is 0.643. The van der Waals surface area contributed by atoms with Crippen LogP contribution in [0.5, 0.6) is 0 Å². The molecule has 0 unspecified atom stereocenters. The standard InChI is InChI=1S/C16H23N5O3S/c1-3-6-17-16(24)20-13(22)9-21-7-4-12(5-8-21)19-15(23)14-11(2)18-10-25-14/h3,10,12H,1,4-9H2,2H3,(H,19,23)(H2,17,20,22,24). The first kappa shape index (κ1) is 19.1. The van der Waals surface area contributed by atoms with Gasteiger partial charge in [0, 0.05) is 25.7 Å². The van der Waals surface area contributed by atoms with Crippen LogP contribution in [0.15, 0.2) is 18.2 Å². The van der Waals surface area contributed by atoms with Crippen LogP contribution in [-0.2, 0) is 4.79 Å². The summed E-state index contributed by atoms with van der Waals surface area (Å²) in [5, 5.41) is 7.79. The van der Waals surface area contributed by atoms with E-state index in [1.54, 1.807) is 5.51 Å². The van der Waals surface area contributed by atoms with Crippen molar-refractivity contribution in [3.63, 3.8) is 0 Å². The maximum Gasteiger partial charge on any atom is 0.321 e. The number of carbonyl (C=O) groups excluding carboxylic acids is 3. The van der Waals surface area contributed by atoms with Crippen LogP contribution < -0.4 is 16.0 Å². The van der Waals surface area contributed by atoms with E-state index in [9.17, 15) is 14.4 Å². The molecule has 1 aromatic heterocycles. The van der Waals surface area contributed by atoms with Crippen LogP contribution in [0.3, 0.4) is 0 Å². The Bertz CT molecular complexity index is 637. The summed E-state index contributed by atoms with van der Waals surface area (Å²) in [7, 11) is 0. The van der Waals surface area contributed by atoms with Gasteiger partial charge < -0.3 is 10.6 Å². The largest absolute Gasteiger partial charge is 0.348 e. The van der Waals surface area contributed by atoms with Crippen molar-refractivity contribution in [3.05, 3.63) is 28.7 Å². The number of hydrogen-bond acceptors (Lipinski definition) is 6. The summed E-state index contributed by atoms with van der Waals surface area (Å²) in [5.74, 6) is -0.431. The summed E-state index contributed by atoms with van der Waals surface area (Å²) in [6.45, 7) is 7.15. The molecule has 0 bridgehead atoms. The van der Waals surface area contributed by atoms with Crippen molar-refractivity contribution in [2.75, 3.05) is 26.2 Å². The average Bonchev–Trinajstić information content (AvgIpc) is 3.01. The molecular weight excluding hydrogens is 342 g/mol. The van der Waals surface area contributed by atoms with Gasteiger partial charge in [-0.05, 0) is 19.8 Å². The number of likely N-dealkylation sites (tertiary alicyclic amines) is 1. The summed E-state index contributed by atoms with van der Waals surface area (Å²) < 4.78 is 0. The Morgan fingerprint density at radius 3 is 2.72 bits per heavy atom. The van der Waals surface area contributed by atoms with E-state index in [1.807, 2.05) is 11.8 Å². The average molecular weight is 365 g/mol. The van der Waals surface area contributed by atoms with Crippen LogP contribution >= 0.6 is 11.3 Å². The Kier molecular flexibility index (Phi) is 7.08. The van der Waals surface area contributed by atoms with Gasteiger partial charge in [0.15, 0.2) is 0 Å². The minimum atomic E-state index is -0.521. The van der Waals surface area contributed by atoms with Crippen LogP contribution in [-0.4, -0.2) is 60.0 Å². The van der Waals surface area contributed by atoms with E-state index in [1.165, 1.54) is 17.4 Å². The Hall–Kier alpha value is -2.26. The van der Waals surface area contributed by atoms with Crippen LogP contribution in [0.4, 0.5) is 4.79 Å². The number of aryl methyl sites for hydroxylation is 1. The molecule has 1 saturated heterocycles. The van der Waals surface area contributed by atoms with Gasteiger partial charge in [0.2, 0.25) is 5.91 Å². The minimum absolute atomic E-state index is 0.0872. The zero-order valence-corrected chi connectivity index (χ0v) is 15.0. The second kappa shape index (κ2) is 9.28. The maximum atomic E-state index is 12.2. The molecule has 1 aliphatic heterocycles. The van der Waals surface area contributed by atoms with Gasteiger partial charge in [0.25, 0.3) is 5.91 Å². The summed E-state index contributed by atoms with van der Waals surface area (Å²) in [6, 6.07) is -0.434. The van der Waals surface area contributed by atoms with Gasteiger partial charge in [0.05, 0.1) is 17.7 Å². The number of hydrogen-bond donors (Lipinski definition) is 3. The predicted molar refractivity (Wildman–Crippen MR) is 95.5 cm³/mol. The normalized spacial score (nSPS) is 15.4.